The first-order chi connectivity index (χ1) is 8.47. The van der Waals surface area contributed by atoms with Crippen LogP contribution in [0.3, 0.4) is 0 Å². The Morgan fingerprint density at radius 3 is 2.32 bits per heavy atom. The number of ketones is 1. The van der Waals surface area contributed by atoms with E-state index in [1.165, 1.54) is 0 Å². The van der Waals surface area contributed by atoms with E-state index in [4.69, 9.17) is 0 Å². The quantitative estimate of drug-likeness (QED) is 0.557. The number of carbonyl (C=O) groups is 1. The summed E-state index contributed by atoms with van der Waals surface area (Å²) < 4.78 is 0. The van der Waals surface area contributed by atoms with Crippen molar-refractivity contribution in [1.82, 2.24) is 0 Å². The zero-order chi connectivity index (χ0) is 13.0. The number of carbonyl (C=O) groups excluding carboxylic acids is 1. The number of allylic oxidation sites excluding steroid dienone is 1. The molecule has 1 aromatic rings. The van der Waals surface area contributed by atoms with Crippen LogP contribution in [0.4, 0.5) is 0 Å². The Balaban J connectivity index is 0.00000133. The molecular formula is C17H20NaO. The molecule has 2 heteroatoms. The van der Waals surface area contributed by atoms with E-state index in [1.54, 1.807) is 0 Å². The molecule has 19 heavy (non-hydrogen) atoms. The third-order valence-electron chi connectivity index (χ3n) is 5.49. The van der Waals surface area contributed by atoms with Crippen LogP contribution in [0, 0.1) is 16.7 Å². The first-order valence-corrected chi connectivity index (χ1v) is 6.78. The van der Waals surface area contributed by atoms with Crippen LogP contribution < -0.4 is 0 Å². The van der Waals surface area contributed by atoms with E-state index < -0.39 is 0 Å². The normalized spacial score (nSPS) is 33.5. The summed E-state index contributed by atoms with van der Waals surface area (Å²) in [6.07, 6.45) is 4.32. The molecule has 0 heterocycles. The van der Waals surface area contributed by atoms with Gasteiger partial charge in [-0.2, -0.15) is 0 Å². The molecule has 2 unspecified atom stereocenters. The average molecular weight is 263 g/mol. The Morgan fingerprint density at radius 1 is 1.16 bits per heavy atom. The van der Waals surface area contributed by atoms with Gasteiger partial charge in [-0.05, 0) is 41.4 Å². The molecule has 3 rings (SSSR count). The van der Waals surface area contributed by atoms with Gasteiger partial charge in [-0.1, -0.05) is 51.1 Å². The summed E-state index contributed by atoms with van der Waals surface area (Å²) in [5.74, 6) is 0.822. The van der Waals surface area contributed by atoms with E-state index in [0.29, 0.717) is 11.7 Å². The third-order valence-corrected chi connectivity index (χ3v) is 5.49. The standard InChI is InChI=1S/C17H20O.Na/c1-16(2)14-9-10-17(16,3)15(18)13(14)11-12-7-5-4-6-8-12;/h4-8,11,14H,9-10H2,1-3H3;. The van der Waals surface area contributed by atoms with Crippen molar-refractivity contribution in [3.8, 4) is 0 Å². The number of hydrogen-bond donors (Lipinski definition) is 0. The maximum atomic E-state index is 12.6. The van der Waals surface area contributed by atoms with Crippen molar-refractivity contribution < 1.29 is 4.79 Å². The Kier molecular flexibility index (Phi) is 3.85. The van der Waals surface area contributed by atoms with E-state index in [2.05, 4.69) is 39.0 Å². The zero-order valence-corrected chi connectivity index (χ0v) is 14.4. The van der Waals surface area contributed by atoms with Gasteiger partial charge in [-0.3, -0.25) is 4.79 Å². The van der Waals surface area contributed by atoms with Gasteiger partial charge in [0.1, 0.15) is 0 Å². The van der Waals surface area contributed by atoms with Gasteiger partial charge in [0.05, 0.1) is 0 Å². The zero-order valence-electron chi connectivity index (χ0n) is 12.4. The molecular weight excluding hydrogens is 243 g/mol. The third kappa shape index (κ3) is 1.98. The molecule has 1 nitrogen and oxygen atoms in total. The molecule has 0 N–H and O–H groups in total. The van der Waals surface area contributed by atoms with Gasteiger partial charge in [0.2, 0.25) is 0 Å². The fourth-order valence-corrected chi connectivity index (χ4v) is 3.82. The summed E-state index contributed by atoms with van der Waals surface area (Å²) in [6, 6.07) is 10.2. The maximum Gasteiger partial charge on any atom is 0.165 e. The van der Waals surface area contributed by atoms with Gasteiger partial charge in [-0.15, -0.1) is 0 Å². The fraction of sp³-hybridized carbons (Fsp3) is 0.471. The molecule has 2 atom stereocenters. The summed E-state index contributed by atoms with van der Waals surface area (Å²) in [6.45, 7) is 6.67. The molecule has 0 saturated heterocycles. The summed E-state index contributed by atoms with van der Waals surface area (Å²) in [7, 11) is 0. The molecule has 2 aliphatic rings. The number of Topliss-reactive ketones (excluding diaryl/α,β-unsaturated/α-hetero) is 1. The number of hydrogen-bond acceptors (Lipinski definition) is 1. The van der Waals surface area contributed by atoms with Gasteiger partial charge in [0.25, 0.3) is 0 Å². The van der Waals surface area contributed by atoms with Crippen molar-refractivity contribution in [3.05, 3.63) is 41.5 Å². The van der Waals surface area contributed by atoms with Crippen LogP contribution in [-0.2, 0) is 4.79 Å². The summed E-state index contributed by atoms with van der Waals surface area (Å²) in [4.78, 5) is 12.6. The van der Waals surface area contributed by atoms with Crippen LogP contribution in [0.5, 0.6) is 0 Å². The molecule has 2 aliphatic carbocycles. The summed E-state index contributed by atoms with van der Waals surface area (Å²) in [5.41, 5.74) is 2.18. The fourth-order valence-electron chi connectivity index (χ4n) is 3.82. The second-order valence-corrected chi connectivity index (χ2v) is 6.48. The minimum Gasteiger partial charge on any atom is -0.294 e. The Hall–Kier alpha value is -0.370. The van der Waals surface area contributed by atoms with Crippen molar-refractivity contribution >= 4 is 41.4 Å². The largest absolute Gasteiger partial charge is 0.294 e. The van der Waals surface area contributed by atoms with Crippen molar-refractivity contribution in [2.24, 2.45) is 16.7 Å². The molecule has 0 amide bonds. The van der Waals surface area contributed by atoms with Crippen molar-refractivity contribution in [2.45, 2.75) is 33.6 Å². The van der Waals surface area contributed by atoms with Gasteiger partial charge in [0.15, 0.2) is 5.78 Å². The van der Waals surface area contributed by atoms with Gasteiger partial charge in [0, 0.05) is 35.0 Å². The smallest absolute Gasteiger partial charge is 0.165 e. The first-order valence-electron chi connectivity index (χ1n) is 6.78. The topological polar surface area (TPSA) is 17.1 Å². The van der Waals surface area contributed by atoms with Crippen LogP contribution >= 0.6 is 0 Å². The minimum atomic E-state index is -0.141. The van der Waals surface area contributed by atoms with Crippen molar-refractivity contribution in [1.29, 1.82) is 0 Å². The number of fused-ring (bicyclic) bond motifs is 2. The van der Waals surface area contributed by atoms with E-state index in [1.807, 2.05) is 18.2 Å². The average Bonchev–Trinajstić information content (AvgIpc) is 2.65. The molecule has 0 aromatic heterocycles. The monoisotopic (exact) mass is 263 g/mol. The van der Waals surface area contributed by atoms with Crippen molar-refractivity contribution in [3.63, 3.8) is 0 Å². The van der Waals surface area contributed by atoms with E-state index in [9.17, 15) is 4.79 Å². The molecule has 1 aromatic carbocycles. The van der Waals surface area contributed by atoms with E-state index >= 15 is 0 Å². The maximum absolute atomic E-state index is 12.6. The van der Waals surface area contributed by atoms with Crippen LogP contribution in [-0.4, -0.2) is 35.3 Å². The Labute approximate surface area is 137 Å². The Morgan fingerprint density at radius 2 is 1.79 bits per heavy atom. The molecule has 2 bridgehead atoms. The van der Waals surface area contributed by atoms with Gasteiger partial charge >= 0.3 is 0 Å². The minimum absolute atomic E-state index is 0. The van der Waals surface area contributed by atoms with Gasteiger partial charge < -0.3 is 0 Å². The first kappa shape index (κ1) is 15.0. The Bertz CT molecular complexity index is 529. The molecule has 1 radical (unpaired) electrons. The molecule has 0 aliphatic heterocycles. The van der Waals surface area contributed by atoms with Crippen molar-refractivity contribution in [2.75, 3.05) is 0 Å². The summed E-state index contributed by atoms with van der Waals surface area (Å²) in [5, 5.41) is 0. The number of benzene rings is 1. The van der Waals surface area contributed by atoms with Crippen LogP contribution in [0.2, 0.25) is 0 Å². The molecule has 2 fully saturated rings. The predicted molar refractivity (Wildman–Crippen MR) is 79.8 cm³/mol. The molecule has 2 saturated carbocycles. The predicted octanol–water partition coefficient (Wildman–Crippen LogP) is 3.71. The van der Waals surface area contributed by atoms with E-state index in [0.717, 1.165) is 24.0 Å². The SMILES string of the molecule is CC12CCC(C(=Cc3ccccc3)C1=O)C2(C)C.[Na]. The summed E-state index contributed by atoms with van der Waals surface area (Å²) >= 11 is 0. The van der Waals surface area contributed by atoms with Gasteiger partial charge in [-0.25, -0.2) is 0 Å². The second kappa shape index (κ2) is 4.87. The van der Waals surface area contributed by atoms with E-state index in [-0.39, 0.29) is 40.4 Å². The van der Waals surface area contributed by atoms with Crippen LogP contribution in [0.1, 0.15) is 39.2 Å². The molecule has 0 spiro atoms. The second-order valence-electron chi connectivity index (χ2n) is 6.48. The van der Waals surface area contributed by atoms with Crippen LogP contribution in [0.25, 0.3) is 6.08 Å². The van der Waals surface area contributed by atoms with Crippen LogP contribution in [0.15, 0.2) is 35.9 Å². The number of rotatable bonds is 1. The molecule has 95 valence electrons.